The van der Waals surface area contributed by atoms with Gasteiger partial charge in [-0.15, -0.1) is 0 Å². The minimum absolute atomic E-state index is 0.0560. The van der Waals surface area contributed by atoms with Gasteiger partial charge in [0.05, 0.1) is 0 Å². The number of carbonyl (C=O) groups is 2. The second-order valence-corrected chi connectivity index (χ2v) is 7.44. The molecule has 1 aromatic heterocycles. The average Bonchev–Trinajstić information content (AvgIpc) is 2.61. The molecule has 0 bridgehead atoms. The predicted molar refractivity (Wildman–Crippen MR) is 105 cm³/mol. The molecule has 2 N–H and O–H groups in total. The number of para-hydroxylation sites is 1. The first-order valence-corrected chi connectivity index (χ1v) is 8.91. The average molecular weight is 353 g/mol. The predicted octanol–water partition coefficient (Wildman–Crippen LogP) is 4.16. The molecular weight excluding hydrogens is 326 g/mol. The molecule has 5 nitrogen and oxygen atoms in total. The summed E-state index contributed by atoms with van der Waals surface area (Å²) in [6, 6.07) is 12.6. The number of anilines is 1. The van der Waals surface area contributed by atoms with Crippen molar-refractivity contribution in [2.75, 3.05) is 5.32 Å². The van der Waals surface area contributed by atoms with Crippen molar-refractivity contribution in [3.63, 3.8) is 0 Å². The van der Waals surface area contributed by atoms with E-state index < -0.39 is 0 Å². The van der Waals surface area contributed by atoms with Gasteiger partial charge in [-0.3, -0.25) is 9.59 Å². The smallest absolute Gasteiger partial charge is 0.274 e. The van der Waals surface area contributed by atoms with Gasteiger partial charge in [0.2, 0.25) is 0 Å². The second kappa shape index (κ2) is 8.13. The molecule has 1 atom stereocenters. The minimum atomic E-state index is -0.333. The summed E-state index contributed by atoms with van der Waals surface area (Å²) in [5, 5.41) is 5.78. The summed E-state index contributed by atoms with van der Waals surface area (Å²) in [6.45, 7) is 10.2. The zero-order chi connectivity index (χ0) is 19.3. The number of nitrogens with one attached hydrogen (secondary N) is 2. The molecular formula is C21H27N3O2. The first-order valence-electron chi connectivity index (χ1n) is 8.91. The van der Waals surface area contributed by atoms with E-state index in [2.05, 4.69) is 36.4 Å². The molecule has 1 aromatic carbocycles. The lowest BCUT2D eigenvalue weighted by Crippen LogP contribution is -2.32. The number of amides is 2. The van der Waals surface area contributed by atoms with E-state index in [-0.39, 0.29) is 34.7 Å². The highest BCUT2D eigenvalue weighted by atomic mass is 16.2. The highest BCUT2D eigenvalue weighted by molar-refractivity contribution is 6.04. The number of carbonyl (C=O) groups excluding carboxylic acids is 2. The standard InChI is InChI=1S/C21H27N3O2/c1-6-14(2)22-19(25)17-12-9-13-18(23-17)20(26)24-16-11-8-7-10-15(16)21(3,4)5/h7-14H,6H2,1-5H3,(H,22,25)(H,24,26). The molecule has 0 fully saturated rings. The third-order valence-corrected chi connectivity index (χ3v) is 4.19. The van der Waals surface area contributed by atoms with Crippen LogP contribution in [0, 0.1) is 0 Å². The summed E-state index contributed by atoms with van der Waals surface area (Å²) in [7, 11) is 0. The summed E-state index contributed by atoms with van der Waals surface area (Å²) >= 11 is 0. The molecule has 2 amide bonds. The van der Waals surface area contributed by atoms with E-state index in [0.717, 1.165) is 17.7 Å². The maximum atomic E-state index is 12.6. The quantitative estimate of drug-likeness (QED) is 0.848. The molecule has 0 spiro atoms. The van der Waals surface area contributed by atoms with Gasteiger partial charge in [-0.05, 0) is 42.5 Å². The van der Waals surface area contributed by atoms with E-state index in [1.807, 2.05) is 38.1 Å². The fraction of sp³-hybridized carbons (Fsp3) is 0.381. The van der Waals surface area contributed by atoms with Crippen LogP contribution in [-0.2, 0) is 5.41 Å². The van der Waals surface area contributed by atoms with Crippen LogP contribution < -0.4 is 10.6 Å². The normalized spacial score (nSPS) is 12.3. The summed E-state index contributed by atoms with van der Waals surface area (Å²) in [5.74, 6) is -0.607. The molecule has 0 aliphatic carbocycles. The van der Waals surface area contributed by atoms with Gasteiger partial charge in [0.15, 0.2) is 0 Å². The van der Waals surface area contributed by atoms with Crippen molar-refractivity contribution >= 4 is 17.5 Å². The van der Waals surface area contributed by atoms with E-state index >= 15 is 0 Å². The molecule has 2 aromatic rings. The summed E-state index contributed by atoms with van der Waals surface area (Å²) in [6.07, 6.45) is 0.829. The van der Waals surface area contributed by atoms with Crippen LogP contribution in [0.25, 0.3) is 0 Å². The Kier molecular flexibility index (Phi) is 6.14. The van der Waals surface area contributed by atoms with Crippen LogP contribution in [-0.4, -0.2) is 22.8 Å². The molecule has 0 saturated heterocycles. The van der Waals surface area contributed by atoms with Crippen molar-refractivity contribution < 1.29 is 9.59 Å². The molecule has 1 heterocycles. The van der Waals surface area contributed by atoms with Gasteiger partial charge in [-0.2, -0.15) is 0 Å². The van der Waals surface area contributed by atoms with Crippen LogP contribution in [0.2, 0.25) is 0 Å². The van der Waals surface area contributed by atoms with Crippen LogP contribution in [0.5, 0.6) is 0 Å². The Morgan fingerprint density at radius 3 is 2.23 bits per heavy atom. The molecule has 1 unspecified atom stereocenters. The fourth-order valence-electron chi connectivity index (χ4n) is 2.52. The van der Waals surface area contributed by atoms with Crippen molar-refractivity contribution in [3.8, 4) is 0 Å². The van der Waals surface area contributed by atoms with Crippen molar-refractivity contribution in [1.82, 2.24) is 10.3 Å². The molecule has 0 aliphatic rings. The van der Waals surface area contributed by atoms with Crippen LogP contribution in [0.1, 0.15) is 67.6 Å². The van der Waals surface area contributed by atoms with Gasteiger partial charge in [-0.25, -0.2) is 4.98 Å². The van der Waals surface area contributed by atoms with Gasteiger partial charge in [0.1, 0.15) is 11.4 Å². The zero-order valence-corrected chi connectivity index (χ0v) is 16.1. The van der Waals surface area contributed by atoms with E-state index in [4.69, 9.17) is 0 Å². The molecule has 138 valence electrons. The Balaban J connectivity index is 2.22. The lowest BCUT2D eigenvalue weighted by atomic mass is 9.86. The third kappa shape index (κ3) is 4.91. The SMILES string of the molecule is CCC(C)NC(=O)c1cccc(C(=O)Nc2ccccc2C(C)(C)C)n1. The Bertz CT molecular complexity index is 794. The van der Waals surface area contributed by atoms with E-state index in [0.29, 0.717) is 0 Å². The zero-order valence-electron chi connectivity index (χ0n) is 16.1. The van der Waals surface area contributed by atoms with Gasteiger partial charge in [0.25, 0.3) is 11.8 Å². The molecule has 26 heavy (non-hydrogen) atoms. The highest BCUT2D eigenvalue weighted by Gasteiger charge is 2.20. The maximum Gasteiger partial charge on any atom is 0.274 e. The monoisotopic (exact) mass is 353 g/mol. The topological polar surface area (TPSA) is 71.1 Å². The van der Waals surface area contributed by atoms with Gasteiger partial charge < -0.3 is 10.6 Å². The number of benzene rings is 1. The number of pyridine rings is 1. The molecule has 0 saturated carbocycles. The van der Waals surface area contributed by atoms with Gasteiger partial charge in [0, 0.05) is 11.7 Å². The van der Waals surface area contributed by atoms with Gasteiger partial charge in [-0.1, -0.05) is 52.0 Å². The summed E-state index contributed by atoms with van der Waals surface area (Å²) < 4.78 is 0. The Morgan fingerprint density at radius 2 is 1.62 bits per heavy atom. The van der Waals surface area contributed by atoms with Crippen LogP contribution in [0.4, 0.5) is 5.69 Å². The van der Waals surface area contributed by atoms with Crippen molar-refractivity contribution in [2.24, 2.45) is 0 Å². The van der Waals surface area contributed by atoms with Crippen LogP contribution >= 0.6 is 0 Å². The lowest BCUT2D eigenvalue weighted by Gasteiger charge is -2.23. The first-order chi connectivity index (χ1) is 12.2. The maximum absolute atomic E-state index is 12.6. The number of rotatable bonds is 5. The van der Waals surface area contributed by atoms with Crippen molar-refractivity contribution in [3.05, 3.63) is 59.4 Å². The number of nitrogens with zero attached hydrogens (tertiary/aromatic N) is 1. The minimum Gasteiger partial charge on any atom is -0.348 e. The highest BCUT2D eigenvalue weighted by Crippen LogP contribution is 2.29. The number of aromatic nitrogens is 1. The molecule has 0 radical (unpaired) electrons. The van der Waals surface area contributed by atoms with Gasteiger partial charge >= 0.3 is 0 Å². The fourth-order valence-corrected chi connectivity index (χ4v) is 2.52. The lowest BCUT2D eigenvalue weighted by molar-refractivity contribution is 0.0934. The van der Waals surface area contributed by atoms with E-state index in [1.54, 1.807) is 18.2 Å². The van der Waals surface area contributed by atoms with Crippen LogP contribution in [0.3, 0.4) is 0 Å². The summed E-state index contributed by atoms with van der Waals surface area (Å²) in [4.78, 5) is 29.1. The molecule has 2 rings (SSSR count). The largest absolute Gasteiger partial charge is 0.348 e. The van der Waals surface area contributed by atoms with E-state index in [9.17, 15) is 9.59 Å². The molecule has 0 aliphatic heterocycles. The number of hydrogen-bond acceptors (Lipinski definition) is 3. The number of hydrogen-bond donors (Lipinski definition) is 2. The van der Waals surface area contributed by atoms with Crippen molar-refractivity contribution in [2.45, 2.75) is 52.5 Å². The Morgan fingerprint density at radius 1 is 1.00 bits per heavy atom. The molecule has 5 heteroatoms. The second-order valence-electron chi connectivity index (χ2n) is 7.44. The first kappa shape index (κ1) is 19.6. The third-order valence-electron chi connectivity index (χ3n) is 4.19. The summed E-state index contributed by atoms with van der Waals surface area (Å²) in [5.41, 5.74) is 2.14. The Labute approximate surface area is 155 Å². The van der Waals surface area contributed by atoms with E-state index in [1.165, 1.54) is 0 Å². The van der Waals surface area contributed by atoms with Crippen LogP contribution in [0.15, 0.2) is 42.5 Å². The Hall–Kier alpha value is -2.69. The van der Waals surface area contributed by atoms with Crippen molar-refractivity contribution in [1.29, 1.82) is 0 Å².